The number of nitrogens with one attached hydrogen (secondary N) is 2. The van der Waals surface area contributed by atoms with Crippen molar-refractivity contribution in [3.8, 4) is 0 Å². The molecule has 0 aliphatic carbocycles. The molecule has 2 aromatic rings. The number of hydrogen-bond donors (Lipinski definition) is 3. The van der Waals surface area contributed by atoms with Crippen LogP contribution in [0.25, 0.3) is 0 Å². The maximum Gasteiger partial charge on any atom is 0.191 e. The molecule has 1 unspecified atom stereocenters. The van der Waals surface area contributed by atoms with E-state index in [1.165, 1.54) is 0 Å². The van der Waals surface area contributed by atoms with Crippen LogP contribution in [0.4, 0.5) is 0 Å². The van der Waals surface area contributed by atoms with E-state index in [1.807, 2.05) is 37.3 Å². The van der Waals surface area contributed by atoms with Crippen molar-refractivity contribution in [2.45, 2.75) is 19.6 Å². The van der Waals surface area contributed by atoms with E-state index in [0.717, 1.165) is 17.8 Å². The van der Waals surface area contributed by atoms with Gasteiger partial charge in [-0.15, -0.1) is 0 Å². The summed E-state index contributed by atoms with van der Waals surface area (Å²) in [5.74, 6) is 0.645. The van der Waals surface area contributed by atoms with Crippen molar-refractivity contribution < 1.29 is 5.11 Å². The number of guanidine groups is 1. The normalized spacial score (nSPS) is 12.7. The number of rotatable bonds is 6. The molecule has 0 aliphatic rings. The first-order valence-corrected chi connectivity index (χ1v) is 7.92. The Labute approximate surface area is 141 Å². The van der Waals surface area contributed by atoms with Crippen LogP contribution in [0.2, 0.25) is 5.02 Å². The highest BCUT2D eigenvalue weighted by Crippen LogP contribution is 2.15. The lowest BCUT2D eigenvalue weighted by atomic mass is 10.1. The SMILES string of the molecule is CCNC(=NCc1ccccn1)NCC(O)c1ccc(Cl)cc1. The van der Waals surface area contributed by atoms with Crippen LogP contribution in [0, 0.1) is 0 Å². The highest BCUT2D eigenvalue weighted by atomic mass is 35.5. The van der Waals surface area contributed by atoms with E-state index in [9.17, 15) is 5.11 Å². The van der Waals surface area contributed by atoms with E-state index in [-0.39, 0.29) is 0 Å². The molecule has 0 aliphatic heterocycles. The molecule has 1 aromatic heterocycles. The Morgan fingerprint density at radius 2 is 2.00 bits per heavy atom. The predicted molar refractivity (Wildman–Crippen MR) is 93.5 cm³/mol. The summed E-state index contributed by atoms with van der Waals surface area (Å²) in [6.45, 7) is 3.57. The predicted octanol–water partition coefficient (Wildman–Crippen LogP) is 2.52. The Bertz CT molecular complexity index is 616. The van der Waals surface area contributed by atoms with Crippen molar-refractivity contribution in [1.29, 1.82) is 0 Å². The van der Waals surface area contributed by atoms with Crippen molar-refractivity contribution in [3.05, 3.63) is 64.9 Å². The Kier molecular flexibility index (Phi) is 6.84. The fourth-order valence-electron chi connectivity index (χ4n) is 1.99. The number of aliphatic imine (C=N–C) groups is 1. The Hall–Kier alpha value is -2.11. The summed E-state index contributed by atoms with van der Waals surface area (Å²) in [4.78, 5) is 8.70. The van der Waals surface area contributed by atoms with Gasteiger partial charge in [-0.3, -0.25) is 4.98 Å². The molecular formula is C17H21ClN4O. The quantitative estimate of drug-likeness (QED) is 0.561. The van der Waals surface area contributed by atoms with Gasteiger partial charge in [0.05, 0.1) is 18.3 Å². The van der Waals surface area contributed by atoms with E-state index in [4.69, 9.17) is 11.6 Å². The third-order valence-corrected chi connectivity index (χ3v) is 3.44. The van der Waals surface area contributed by atoms with Gasteiger partial charge in [-0.05, 0) is 36.8 Å². The van der Waals surface area contributed by atoms with Crippen LogP contribution in [-0.4, -0.2) is 29.1 Å². The summed E-state index contributed by atoms with van der Waals surface area (Å²) in [5.41, 5.74) is 1.70. The Morgan fingerprint density at radius 3 is 2.65 bits per heavy atom. The summed E-state index contributed by atoms with van der Waals surface area (Å²) < 4.78 is 0. The summed E-state index contributed by atoms with van der Waals surface area (Å²) in [7, 11) is 0. The lowest BCUT2D eigenvalue weighted by Crippen LogP contribution is -2.39. The second kappa shape index (κ2) is 9.12. The van der Waals surface area contributed by atoms with E-state index in [2.05, 4.69) is 20.6 Å². The number of nitrogens with zero attached hydrogens (tertiary/aromatic N) is 2. The molecular weight excluding hydrogens is 312 g/mol. The van der Waals surface area contributed by atoms with E-state index < -0.39 is 6.10 Å². The first-order chi connectivity index (χ1) is 11.2. The lowest BCUT2D eigenvalue weighted by Gasteiger charge is -2.15. The topological polar surface area (TPSA) is 69.5 Å². The first-order valence-electron chi connectivity index (χ1n) is 7.54. The van der Waals surface area contributed by atoms with Crippen LogP contribution in [0.3, 0.4) is 0 Å². The maximum atomic E-state index is 10.2. The maximum absolute atomic E-state index is 10.2. The number of halogens is 1. The third kappa shape index (κ3) is 5.88. The van der Waals surface area contributed by atoms with Gasteiger partial charge in [0.15, 0.2) is 5.96 Å². The van der Waals surface area contributed by atoms with Crippen molar-refractivity contribution in [2.75, 3.05) is 13.1 Å². The van der Waals surface area contributed by atoms with E-state index in [0.29, 0.717) is 24.1 Å². The zero-order valence-electron chi connectivity index (χ0n) is 13.0. The van der Waals surface area contributed by atoms with Crippen LogP contribution in [0.5, 0.6) is 0 Å². The van der Waals surface area contributed by atoms with Crippen molar-refractivity contribution in [3.63, 3.8) is 0 Å². The van der Waals surface area contributed by atoms with Crippen molar-refractivity contribution >= 4 is 17.6 Å². The molecule has 1 atom stereocenters. The molecule has 0 bridgehead atoms. The number of pyridine rings is 1. The molecule has 0 radical (unpaired) electrons. The average Bonchev–Trinajstić information content (AvgIpc) is 2.58. The van der Waals surface area contributed by atoms with Gasteiger partial charge < -0.3 is 15.7 Å². The number of aliphatic hydroxyl groups excluding tert-OH is 1. The van der Waals surface area contributed by atoms with Crippen molar-refractivity contribution in [2.24, 2.45) is 4.99 Å². The zero-order chi connectivity index (χ0) is 16.5. The highest BCUT2D eigenvalue weighted by Gasteiger charge is 2.08. The van der Waals surface area contributed by atoms with Gasteiger partial charge in [0, 0.05) is 24.3 Å². The minimum absolute atomic E-state index is 0.357. The zero-order valence-corrected chi connectivity index (χ0v) is 13.8. The number of benzene rings is 1. The van der Waals surface area contributed by atoms with E-state index in [1.54, 1.807) is 18.3 Å². The van der Waals surface area contributed by atoms with Gasteiger partial charge in [-0.25, -0.2) is 4.99 Å². The fourth-order valence-corrected chi connectivity index (χ4v) is 2.12. The molecule has 23 heavy (non-hydrogen) atoms. The van der Waals surface area contributed by atoms with Crippen LogP contribution in [0.1, 0.15) is 24.3 Å². The monoisotopic (exact) mass is 332 g/mol. The summed E-state index contributed by atoms with van der Waals surface area (Å²) >= 11 is 5.85. The van der Waals surface area contributed by atoms with Gasteiger partial charge in [0.25, 0.3) is 0 Å². The van der Waals surface area contributed by atoms with Gasteiger partial charge >= 0.3 is 0 Å². The number of aromatic nitrogens is 1. The standard InChI is InChI=1S/C17H21ClN4O/c1-2-19-17(21-11-15-5-3-4-10-20-15)22-12-16(23)13-6-8-14(18)9-7-13/h3-10,16,23H,2,11-12H2,1H3,(H2,19,21,22). The Balaban J connectivity index is 1.92. The van der Waals surface area contributed by atoms with Crippen LogP contribution >= 0.6 is 11.6 Å². The fraction of sp³-hybridized carbons (Fsp3) is 0.294. The molecule has 3 N–H and O–H groups in total. The lowest BCUT2D eigenvalue weighted by molar-refractivity contribution is 0.181. The van der Waals surface area contributed by atoms with Gasteiger partial charge in [-0.1, -0.05) is 29.8 Å². The molecule has 2 rings (SSSR count). The summed E-state index contributed by atoms with van der Waals surface area (Å²) in [6, 6.07) is 12.9. The minimum Gasteiger partial charge on any atom is -0.387 e. The average molecular weight is 333 g/mol. The van der Waals surface area contributed by atoms with Crippen molar-refractivity contribution in [1.82, 2.24) is 15.6 Å². The molecule has 0 spiro atoms. The second-order valence-electron chi connectivity index (χ2n) is 4.96. The van der Waals surface area contributed by atoms with Gasteiger partial charge in [0.2, 0.25) is 0 Å². The molecule has 6 heteroatoms. The first kappa shape index (κ1) is 17.2. The van der Waals surface area contributed by atoms with Crippen LogP contribution in [-0.2, 0) is 6.54 Å². The smallest absolute Gasteiger partial charge is 0.191 e. The molecule has 0 saturated heterocycles. The number of aliphatic hydroxyl groups is 1. The second-order valence-corrected chi connectivity index (χ2v) is 5.40. The van der Waals surface area contributed by atoms with Crippen LogP contribution in [0.15, 0.2) is 53.7 Å². The minimum atomic E-state index is -0.633. The summed E-state index contributed by atoms with van der Waals surface area (Å²) in [5, 5.41) is 17.1. The molecule has 0 fully saturated rings. The molecule has 122 valence electrons. The molecule has 1 heterocycles. The van der Waals surface area contributed by atoms with Gasteiger partial charge in [0.1, 0.15) is 0 Å². The van der Waals surface area contributed by atoms with E-state index >= 15 is 0 Å². The summed E-state index contributed by atoms with van der Waals surface area (Å²) in [6.07, 6.45) is 1.11. The molecule has 5 nitrogen and oxygen atoms in total. The number of hydrogen-bond acceptors (Lipinski definition) is 3. The molecule has 0 amide bonds. The largest absolute Gasteiger partial charge is 0.387 e. The highest BCUT2D eigenvalue weighted by molar-refractivity contribution is 6.30. The van der Waals surface area contributed by atoms with Gasteiger partial charge in [-0.2, -0.15) is 0 Å². The third-order valence-electron chi connectivity index (χ3n) is 3.19. The Morgan fingerprint density at radius 1 is 1.22 bits per heavy atom. The van der Waals surface area contributed by atoms with Crippen LogP contribution < -0.4 is 10.6 Å². The molecule has 0 saturated carbocycles. The molecule has 1 aromatic carbocycles.